The van der Waals surface area contributed by atoms with Crippen molar-refractivity contribution in [2.75, 3.05) is 39.0 Å². The van der Waals surface area contributed by atoms with E-state index >= 15 is 0 Å². The maximum absolute atomic E-state index is 14.5. The predicted molar refractivity (Wildman–Crippen MR) is 132 cm³/mol. The van der Waals surface area contributed by atoms with Crippen molar-refractivity contribution in [2.24, 2.45) is 5.41 Å². The molecule has 1 aromatic heterocycles. The number of hydrogen-bond acceptors (Lipinski definition) is 5. The monoisotopic (exact) mass is 558 g/mol. The largest absolute Gasteiger partial charge is 0.351 e. The van der Waals surface area contributed by atoms with Gasteiger partial charge >= 0.3 is 0 Å². The van der Waals surface area contributed by atoms with Crippen molar-refractivity contribution < 1.29 is 14.0 Å². The van der Waals surface area contributed by atoms with Crippen LogP contribution in [0.2, 0.25) is 0 Å². The number of nitrogens with zero attached hydrogens (tertiary/aromatic N) is 1. The van der Waals surface area contributed by atoms with Gasteiger partial charge in [-0.3, -0.25) is 9.59 Å². The number of carbonyl (C=O) groups excluding carboxylic acids is 2. The first-order chi connectivity index (χ1) is 14.6. The van der Waals surface area contributed by atoms with E-state index in [1.807, 2.05) is 7.05 Å². The molecular weight excluding hydrogens is 530 g/mol. The Morgan fingerprint density at radius 2 is 2.13 bits per heavy atom. The van der Waals surface area contributed by atoms with Crippen LogP contribution >= 0.6 is 33.9 Å². The normalized spacial score (nSPS) is 15.1. The van der Waals surface area contributed by atoms with E-state index in [-0.39, 0.29) is 22.9 Å². The Morgan fingerprint density at radius 1 is 1.39 bits per heavy atom. The van der Waals surface area contributed by atoms with E-state index in [1.54, 1.807) is 24.1 Å². The number of rotatable bonds is 7. The van der Waals surface area contributed by atoms with E-state index in [1.165, 1.54) is 17.4 Å². The SMILES string of the molecule is CNCCCN(C)C(=O)c1c(Nc2ccc(I)cc2F)sc2c1CC(C)(C)CNC2=O. The van der Waals surface area contributed by atoms with Crippen LogP contribution in [-0.4, -0.2) is 50.4 Å². The van der Waals surface area contributed by atoms with Crippen molar-refractivity contribution in [3.8, 4) is 0 Å². The molecule has 6 nitrogen and oxygen atoms in total. The maximum atomic E-state index is 14.5. The molecule has 31 heavy (non-hydrogen) atoms. The van der Waals surface area contributed by atoms with Gasteiger partial charge in [-0.05, 0) is 78.2 Å². The van der Waals surface area contributed by atoms with Gasteiger partial charge in [0.05, 0.1) is 16.1 Å². The summed E-state index contributed by atoms with van der Waals surface area (Å²) in [6.07, 6.45) is 1.39. The van der Waals surface area contributed by atoms with Crippen molar-refractivity contribution in [1.82, 2.24) is 15.5 Å². The summed E-state index contributed by atoms with van der Waals surface area (Å²) in [4.78, 5) is 28.5. The van der Waals surface area contributed by atoms with Crippen LogP contribution in [0.5, 0.6) is 0 Å². The Balaban J connectivity index is 2.06. The van der Waals surface area contributed by atoms with Gasteiger partial charge in [0.25, 0.3) is 11.8 Å². The van der Waals surface area contributed by atoms with Gasteiger partial charge < -0.3 is 20.9 Å². The highest BCUT2D eigenvalue weighted by atomic mass is 127. The van der Waals surface area contributed by atoms with Crippen LogP contribution in [0.25, 0.3) is 0 Å². The fourth-order valence-corrected chi connectivity index (χ4v) is 5.16. The number of halogens is 2. The van der Waals surface area contributed by atoms with Gasteiger partial charge in [-0.1, -0.05) is 13.8 Å². The van der Waals surface area contributed by atoms with E-state index < -0.39 is 5.82 Å². The standard InChI is InChI=1S/C22H28FIN4O2S/c1-22(2)11-14-17(21(30)28(4)9-5-8-25-3)20(31-18(14)19(29)26-12-22)27-16-7-6-13(24)10-15(16)23/h6-7,10,25,27H,5,8-9,11-12H2,1-4H3,(H,26,29). The quantitative estimate of drug-likeness (QED) is 0.352. The predicted octanol–water partition coefficient (Wildman–Crippen LogP) is 4.23. The molecule has 1 aromatic carbocycles. The van der Waals surface area contributed by atoms with Crippen molar-refractivity contribution in [2.45, 2.75) is 26.7 Å². The number of fused-ring (bicyclic) bond motifs is 1. The van der Waals surface area contributed by atoms with Crippen molar-refractivity contribution >= 4 is 56.4 Å². The first-order valence-corrected chi connectivity index (χ1v) is 12.1. The Bertz CT molecular complexity index is 992. The van der Waals surface area contributed by atoms with E-state index in [4.69, 9.17) is 0 Å². The van der Waals surface area contributed by atoms with E-state index in [2.05, 4.69) is 52.4 Å². The highest BCUT2D eigenvalue weighted by Gasteiger charge is 2.35. The lowest BCUT2D eigenvalue weighted by atomic mass is 9.85. The molecule has 0 unspecified atom stereocenters. The number of nitrogens with one attached hydrogen (secondary N) is 3. The summed E-state index contributed by atoms with van der Waals surface area (Å²) >= 11 is 3.27. The number of amides is 2. The molecular formula is C22H28FIN4O2S. The third kappa shape index (κ3) is 5.56. The maximum Gasteiger partial charge on any atom is 0.261 e. The van der Waals surface area contributed by atoms with Crippen molar-refractivity contribution in [1.29, 1.82) is 0 Å². The fraction of sp³-hybridized carbons (Fsp3) is 0.455. The van der Waals surface area contributed by atoms with Crippen LogP contribution in [0.4, 0.5) is 15.1 Å². The third-order valence-corrected chi connectivity index (χ3v) is 7.07. The minimum atomic E-state index is -0.402. The Hall–Kier alpha value is -1.72. The molecule has 0 spiro atoms. The molecule has 0 fully saturated rings. The van der Waals surface area contributed by atoms with Crippen LogP contribution < -0.4 is 16.0 Å². The summed E-state index contributed by atoms with van der Waals surface area (Å²) in [7, 11) is 3.64. The van der Waals surface area contributed by atoms with Gasteiger partial charge in [0.2, 0.25) is 0 Å². The summed E-state index contributed by atoms with van der Waals surface area (Å²) in [5.41, 5.74) is 1.29. The molecule has 0 aliphatic carbocycles. The van der Waals surface area contributed by atoms with Gasteiger partial charge in [-0.2, -0.15) is 0 Å². The van der Waals surface area contributed by atoms with Gasteiger partial charge in [-0.15, -0.1) is 11.3 Å². The summed E-state index contributed by atoms with van der Waals surface area (Å²) in [6, 6.07) is 4.88. The zero-order valence-electron chi connectivity index (χ0n) is 18.2. The van der Waals surface area contributed by atoms with Gasteiger partial charge in [-0.25, -0.2) is 4.39 Å². The average molecular weight is 558 g/mol. The Morgan fingerprint density at radius 3 is 2.81 bits per heavy atom. The van der Waals surface area contributed by atoms with Gasteiger partial charge in [0.15, 0.2) is 0 Å². The van der Waals surface area contributed by atoms with E-state index in [9.17, 15) is 14.0 Å². The summed E-state index contributed by atoms with van der Waals surface area (Å²) in [5.74, 6) is -0.748. The highest BCUT2D eigenvalue weighted by molar-refractivity contribution is 14.1. The average Bonchev–Trinajstić information content (AvgIpc) is 2.99. The van der Waals surface area contributed by atoms with Crippen molar-refractivity contribution in [3.63, 3.8) is 0 Å². The first kappa shape index (κ1) is 23.9. The summed E-state index contributed by atoms with van der Waals surface area (Å²) < 4.78 is 15.3. The lowest BCUT2D eigenvalue weighted by Gasteiger charge is -2.24. The topological polar surface area (TPSA) is 73.5 Å². The van der Waals surface area contributed by atoms with Crippen LogP contribution in [0, 0.1) is 14.8 Å². The van der Waals surface area contributed by atoms with Crippen molar-refractivity contribution in [3.05, 3.63) is 43.6 Å². The molecule has 0 radical (unpaired) electrons. The fourth-order valence-electron chi connectivity index (χ4n) is 3.57. The van der Waals surface area contributed by atoms with E-state index in [0.29, 0.717) is 35.0 Å². The Labute approximate surface area is 200 Å². The summed E-state index contributed by atoms with van der Waals surface area (Å²) in [6.45, 7) is 6.05. The molecule has 1 aliphatic heterocycles. The molecule has 9 heteroatoms. The molecule has 2 aromatic rings. The van der Waals surface area contributed by atoms with Crippen LogP contribution in [0.15, 0.2) is 18.2 Å². The zero-order chi connectivity index (χ0) is 22.8. The number of hydrogen-bond donors (Lipinski definition) is 3. The van der Waals surface area contributed by atoms with Crippen LogP contribution in [0.1, 0.15) is 45.9 Å². The number of carbonyl (C=O) groups is 2. The van der Waals surface area contributed by atoms with Crippen LogP contribution in [-0.2, 0) is 6.42 Å². The second-order valence-electron chi connectivity index (χ2n) is 8.57. The smallest absolute Gasteiger partial charge is 0.261 e. The number of benzene rings is 1. The molecule has 168 valence electrons. The number of thiophene rings is 1. The third-order valence-electron chi connectivity index (χ3n) is 5.26. The highest BCUT2D eigenvalue weighted by Crippen LogP contribution is 2.41. The second kappa shape index (κ2) is 9.83. The second-order valence-corrected chi connectivity index (χ2v) is 10.8. The number of anilines is 2. The van der Waals surface area contributed by atoms with E-state index in [0.717, 1.165) is 22.1 Å². The molecule has 0 atom stereocenters. The molecule has 2 heterocycles. The summed E-state index contributed by atoms with van der Waals surface area (Å²) in [5, 5.41) is 9.64. The lowest BCUT2D eigenvalue weighted by Crippen LogP contribution is -2.32. The van der Waals surface area contributed by atoms with Crippen LogP contribution in [0.3, 0.4) is 0 Å². The first-order valence-electron chi connectivity index (χ1n) is 10.2. The van der Waals surface area contributed by atoms with Gasteiger partial charge in [0.1, 0.15) is 10.8 Å². The zero-order valence-corrected chi connectivity index (χ0v) is 21.2. The molecule has 1 aliphatic rings. The van der Waals surface area contributed by atoms with Gasteiger partial charge in [0, 0.05) is 23.7 Å². The minimum Gasteiger partial charge on any atom is -0.351 e. The molecule has 2 amide bonds. The lowest BCUT2D eigenvalue weighted by molar-refractivity contribution is 0.0793. The molecule has 0 bridgehead atoms. The minimum absolute atomic E-state index is 0.160. The molecule has 0 saturated heterocycles. The Kier molecular flexibility index (Phi) is 7.59. The molecule has 0 saturated carbocycles. The molecule has 3 rings (SSSR count). The molecule has 3 N–H and O–H groups in total.